The van der Waals surface area contributed by atoms with Crippen LogP contribution in [0.5, 0.6) is 5.88 Å². The van der Waals surface area contributed by atoms with Crippen LogP contribution >= 0.6 is 12.2 Å². The van der Waals surface area contributed by atoms with Crippen molar-refractivity contribution in [2.24, 2.45) is 0 Å². The van der Waals surface area contributed by atoms with Gasteiger partial charge in [-0.15, -0.1) is 0 Å². The van der Waals surface area contributed by atoms with E-state index < -0.39 is 0 Å². The second-order valence-corrected chi connectivity index (χ2v) is 6.33. The molecule has 8 heteroatoms. The summed E-state index contributed by atoms with van der Waals surface area (Å²) in [5.74, 6) is 1.69. The average molecular weight is 373 g/mol. The number of methoxy groups -OCH3 is 1. The molecule has 1 atom stereocenters. The first-order valence-electron chi connectivity index (χ1n) is 8.54. The number of thiocarbonyl (C=S) groups is 1. The second-order valence-electron chi connectivity index (χ2n) is 5.92. The lowest BCUT2D eigenvalue weighted by atomic mass is 10.1. The van der Waals surface area contributed by atoms with Crippen LogP contribution < -0.4 is 20.3 Å². The highest BCUT2D eigenvalue weighted by Crippen LogP contribution is 2.20. The first-order chi connectivity index (χ1) is 12.7. The molecule has 1 saturated heterocycles. The number of nitrogens with zero attached hydrogens (tertiary/aromatic N) is 3. The molecule has 2 heterocycles. The summed E-state index contributed by atoms with van der Waals surface area (Å²) in [5, 5.41) is 6.76. The lowest BCUT2D eigenvalue weighted by Gasteiger charge is -2.28. The molecule has 0 unspecified atom stereocenters. The number of aromatic nitrogens is 2. The molecule has 1 fully saturated rings. The number of nitrogens with one attached hydrogen (secondary N) is 2. The van der Waals surface area contributed by atoms with Crippen LogP contribution in [-0.2, 0) is 4.74 Å². The van der Waals surface area contributed by atoms with Crippen LogP contribution in [-0.4, -0.2) is 48.5 Å². The summed E-state index contributed by atoms with van der Waals surface area (Å²) in [4.78, 5) is 11.0. The fraction of sp³-hybridized carbons (Fsp3) is 0.389. The minimum atomic E-state index is 0.0699. The third-order valence-corrected chi connectivity index (χ3v) is 4.33. The summed E-state index contributed by atoms with van der Waals surface area (Å²) in [5.41, 5.74) is 1.15. The molecule has 1 aliphatic heterocycles. The number of rotatable bonds is 5. The third kappa shape index (κ3) is 4.80. The molecule has 138 valence electrons. The molecule has 7 nitrogen and oxygen atoms in total. The van der Waals surface area contributed by atoms with Gasteiger partial charge in [0.1, 0.15) is 5.82 Å². The fourth-order valence-corrected chi connectivity index (χ4v) is 2.96. The monoisotopic (exact) mass is 373 g/mol. The standard InChI is InChI=1S/C18H23N5O2S/c1-13(14-6-4-3-5-7-14)19-18(26)22-17-20-15(12-16(21-17)24-2)23-8-10-25-11-9-23/h3-7,12-13H,8-11H2,1-2H3,(H2,19,20,21,22,26)/t13-/m0/s1. The first-order valence-corrected chi connectivity index (χ1v) is 8.95. The van der Waals surface area contributed by atoms with Crippen molar-refractivity contribution in [1.82, 2.24) is 15.3 Å². The second kappa shape index (κ2) is 8.77. The molecule has 0 amide bonds. The van der Waals surface area contributed by atoms with Crippen molar-refractivity contribution in [3.8, 4) is 5.88 Å². The minimum absolute atomic E-state index is 0.0699. The lowest BCUT2D eigenvalue weighted by Crippen LogP contribution is -2.37. The smallest absolute Gasteiger partial charge is 0.234 e. The van der Waals surface area contributed by atoms with Crippen LogP contribution in [0.1, 0.15) is 18.5 Å². The molecular formula is C18H23N5O2S. The van der Waals surface area contributed by atoms with E-state index in [4.69, 9.17) is 21.7 Å². The Morgan fingerprint density at radius 2 is 1.96 bits per heavy atom. The van der Waals surface area contributed by atoms with E-state index in [0.29, 0.717) is 30.2 Å². The zero-order valence-corrected chi connectivity index (χ0v) is 15.8. The molecule has 2 N–H and O–H groups in total. The van der Waals surface area contributed by atoms with Crippen LogP contribution in [0, 0.1) is 0 Å². The van der Waals surface area contributed by atoms with E-state index in [1.54, 1.807) is 7.11 Å². The topological polar surface area (TPSA) is 71.5 Å². The predicted molar refractivity (Wildman–Crippen MR) is 106 cm³/mol. The molecule has 2 aromatic rings. The van der Waals surface area contributed by atoms with Crippen LogP contribution in [0.3, 0.4) is 0 Å². The van der Waals surface area contributed by atoms with Gasteiger partial charge in [-0.05, 0) is 24.7 Å². The first kappa shape index (κ1) is 18.3. The van der Waals surface area contributed by atoms with Crippen molar-refractivity contribution in [2.75, 3.05) is 43.6 Å². The van der Waals surface area contributed by atoms with E-state index >= 15 is 0 Å². The largest absolute Gasteiger partial charge is 0.481 e. The van der Waals surface area contributed by atoms with E-state index in [0.717, 1.165) is 24.5 Å². The number of benzene rings is 1. The zero-order valence-electron chi connectivity index (χ0n) is 14.9. The fourth-order valence-electron chi connectivity index (χ4n) is 2.69. The van der Waals surface area contributed by atoms with Gasteiger partial charge < -0.3 is 25.0 Å². The van der Waals surface area contributed by atoms with Gasteiger partial charge in [-0.3, -0.25) is 0 Å². The molecule has 26 heavy (non-hydrogen) atoms. The Hall–Kier alpha value is -2.45. The molecule has 3 rings (SSSR count). The zero-order chi connectivity index (χ0) is 18.4. The molecule has 0 spiro atoms. The van der Waals surface area contributed by atoms with E-state index in [9.17, 15) is 0 Å². The maximum Gasteiger partial charge on any atom is 0.234 e. The Morgan fingerprint density at radius 1 is 1.23 bits per heavy atom. The summed E-state index contributed by atoms with van der Waals surface area (Å²) in [7, 11) is 1.59. The summed E-state index contributed by atoms with van der Waals surface area (Å²) in [6, 6.07) is 12.0. The SMILES string of the molecule is COc1cc(N2CCOCC2)nc(NC(=S)N[C@@H](C)c2ccccc2)n1. The van der Waals surface area contributed by atoms with Gasteiger partial charge in [0.15, 0.2) is 5.11 Å². The van der Waals surface area contributed by atoms with E-state index in [1.165, 1.54) is 0 Å². The summed E-state index contributed by atoms with van der Waals surface area (Å²) >= 11 is 5.41. The number of morpholine rings is 1. The van der Waals surface area contributed by atoms with Crippen molar-refractivity contribution >= 4 is 29.1 Å². The molecule has 0 aliphatic carbocycles. The Balaban J connectivity index is 1.69. The van der Waals surface area contributed by atoms with Gasteiger partial charge in [0, 0.05) is 19.2 Å². The number of hydrogen-bond acceptors (Lipinski definition) is 6. The molecule has 0 radical (unpaired) electrons. The maximum absolute atomic E-state index is 5.41. The van der Waals surface area contributed by atoms with Gasteiger partial charge in [0.2, 0.25) is 11.8 Å². The quantitative estimate of drug-likeness (QED) is 0.774. The van der Waals surface area contributed by atoms with Crippen LogP contribution in [0.2, 0.25) is 0 Å². The van der Waals surface area contributed by atoms with Crippen molar-refractivity contribution in [3.05, 3.63) is 42.0 Å². The van der Waals surface area contributed by atoms with E-state index in [-0.39, 0.29) is 6.04 Å². The molecule has 0 saturated carbocycles. The Bertz CT molecular complexity index is 738. The van der Waals surface area contributed by atoms with Gasteiger partial charge in [-0.2, -0.15) is 9.97 Å². The lowest BCUT2D eigenvalue weighted by molar-refractivity contribution is 0.122. The number of hydrogen-bond donors (Lipinski definition) is 2. The molecular weight excluding hydrogens is 350 g/mol. The normalized spacial score (nSPS) is 15.2. The maximum atomic E-state index is 5.41. The average Bonchev–Trinajstić information content (AvgIpc) is 2.69. The van der Waals surface area contributed by atoms with Crippen molar-refractivity contribution in [1.29, 1.82) is 0 Å². The van der Waals surface area contributed by atoms with Crippen LogP contribution in [0.4, 0.5) is 11.8 Å². The Labute approximate surface area is 158 Å². The Morgan fingerprint density at radius 3 is 2.65 bits per heavy atom. The van der Waals surface area contributed by atoms with E-state index in [2.05, 4.69) is 44.6 Å². The number of ether oxygens (including phenoxy) is 2. The number of anilines is 2. The predicted octanol–water partition coefficient (Wildman–Crippen LogP) is 2.37. The van der Waals surface area contributed by atoms with E-state index in [1.807, 2.05) is 24.3 Å². The molecule has 1 aromatic carbocycles. The van der Waals surface area contributed by atoms with Gasteiger partial charge in [0.25, 0.3) is 0 Å². The van der Waals surface area contributed by atoms with Gasteiger partial charge in [-0.25, -0.2) is 0 Å². The van der Waals surface area contributed by atoms with Crippen molar-refractivity contribution in [2.45, 2.75) is 13.0 Å². The molecule has 0 bridgehead atoms. The minimum Gasteiger partial charge on any atom is -0.481 e. The molecule has 1 aliphatic rings. The van der Waals surface area contributed by atoms with Crippen LogP contribution in [0.25, 0.3) is 0 Å². The van der Waals surface area contributed by atoms with Gasteiger partial charge in [-0.1, -0.05) is 30.3 Å². The highest BCUT2D eigenvalue weighted by Gasteiger charge is 2.16. The Kier molecular flexibility index (Phi) is 6.19. The summed E-state index contributed by atoms with van der Waals surface area (Å²) in [6.45, 7) is 4.99. The van der Waals surface area contributed by atoms with Gasteiger partial charge >= 0.3 is 0 Å². The molecule has 1 aromatic heterocycles. The van der Waals surface area contributed by atoms with Crippen molar-refractivity contribution in [3.63, 3.8) is 0 Å². The summed E-state index contributed by atoms with van der Waals surface area (Å²) in [6.07, 6.45) is 0. The highest BCUT2D eigenvalue weighted by atomic mass is 32.1. The van der Waals surface area contributed by atoms with Crippen LogP contribution in [0.15, 0.2) is 36.4 Å². The summed E-state index contributed by atoms with van der Waals surface area (Å²) < 4.78 is 10.7. The van der Waals surface area contributed by atoms with Crippen molar-refractivity contribution < 1.29 is 9.47 Å². The third-order valence-electron chi connectivity index (χ3n) is 4.11. The highest BCUT2D eigenvalue weighted by molar-refractivity contribution is 7.80. The van der Waals surface area contributed by atoms with Gasteiger partial charge in [0.05, 0.1) is 26.4 Å².